The van der Waals surface area contributed by atoms with Gasteiger partial charge < -0.3 is 5.32 Å². The number of anilines is 1. The highest BCUT2D eigenvalue weighted by Crippen LogP contribution is 2.23. The van der Waals surface area contributed by atoms with Crippen molar-refractivity contribution in [1.29, 1.82) is 0 Å². The van der Waals surface area contributed by atoms with Gasteiger partial charge in [-0.05, 0) is 36.8 Å². The zero-order valence-corrected chi connectivity index (χ0v) is 11.9. The maximum atomic E-state index is 13.4. The van der Waals surface area contributed by atoms with Gasteiger partial charge in [0.15, 0.2) is 0 Å². The molecule has 0 bridgehead atoms. The van der Waals surface area contributed by atoms with Gasteiger partial charge in [0.2, 0.25) is 5.91 Å². The van der Waals surface area contributed by atoms with Crippen molar-refractivity contribution in [2.75, 3.05) is 11.1 Å². The van der Waals surface area contributed by atoms with Gasteiger partial charge in [-0.3, -0.25) is 4.79 Å². The molecule has 0 atom stereocenters. The predicted octanol–water partition coefficient (Wildman–Crippen LogP) is 4.14. The third kappa shape index (κ3) is 4.26. The van der Waals surface area contributed by atoms with Crippen molar-refractivity contribution in [3.8, 4) is 0 Å². The van der Waals surface area contributed by atoms with E-state index in [2.05, 4.69) is 5.32 Å². The number of aryl methyl sites for hydroxylation is 1. The van der Waals surface area contributed by atoms with Gasteiger partial charge in [-0.1, -0.05) is 6.07 Å². The van der Waals surface area contributed by atoms with Gasteiger partial charge in [0.25, 0.3) is 0 Å². The summed E-state index contributed by atoms with van der Waals surface area (Å²) in [5.74, 6) is -2.28. The topological polar surface area (TPSA) is 29.1 Å². The van der Waals surface area contributed by atoms with Crippen molar-refractivity contribution in [3.05, 3.63) is 59.4 Å². The smallest absolute Gasteiger partial charge is 0.234 e. The molecule has 0 saturated heterocycles. The van der Waals surface area contributed by atoms with Gasteiger partial charge in [0.1, 0.15) is 17.5 Å². The lowest BCUT2D eigenvalue weighted by molar-refractivity contribution is -0.113. The van der Waals surface area contributed by atoms with E-state index in [1.54, 1.807) is 13.0 Å². The van der Waals surface area contributed by atoms with Crippen molar-refractivity contribution in [3.63, 3.8) is 0 Å². The molecule has 0 spiro atoms. The molecular formula is C15H12F3NOS. The third-order valence-corrected chi connectivity index (χ3v) is 3.78. The number of benzene rings is 2. The normalized spacial score (nSPS) is 10.5. The molecule has 2 aromatic rings. The molecule has 0 radical (unpaired) electrons. The molecule has 0 heterocycles. The van der Waals surface area contributed by atoms with Gasteiger partial charge >= 0.3 is 0 Å². The third-order valence-electron chi connectivity index (χ3n) is 2.73. The molecule has 0 unspecified atom stereocenters. The maximum absolute atomic E-state index is 13.4. The second kappa shape index (κ2) is 6.67. The Hall–Kier alpha value is -1.95. The quantitative estimate of drug-likeness (QED) is 0.860. The molecule has 0 saturated carbocycles. The van der Waals surface area contributed by atoms with E-state index in [4.69, 9.17) is 0 Å². The summed E-state index contributed by atoms with van der Waals surface area (Å²) in [5, 5.41) is 2.56. The highest BCUT2D eigenvalue weighted by molar-refractivity contribution is 8.00. The highest BCUT2D eigenvalue weighted by Gasteiger charge is 2.09. The monoisotopic (exact) mass is 311 g/mol. The van der Waals surface area contributed by atoms with E-state index in [0.29, 0.717) is 5.69 Å². The standard InChI is InChI=1S/C15H12F3NOS/c1-9-2-3-11(17)7-13(9)19-15(20)8-21-14-5-4-10(16)6-12(14)18/h2-7H,8H2,1H3,(H,19,20). The van der Waals surface area contributed by atoms with Crippen LogP contribution in [0.5, 0.6) is 0 Å². The summed E-state index contributed by atoms with van der Waals surface area (Å²) < 4.78 is 39.3. The second-order valence-electron chi connectivity index (χ2n) is 4.37. The van der Waals surface area contributed by atoms with Crippen LogP contribution in [0.1, 0.15) is 5.56 Å². The van der Waals surface area contributed by atoms with E-state index >= 15 is 0 Å². The molecule has 2 nitrogen and oxygen atoms in total. The number of hydrogen-bond acceptors (Lipinski definition) is 2. The first-order valence-electron chi connectivity index (χ1n) is 6.09. The number of hydrogen-bond donors (Lipinski definition) is 1. The fourth-order valence-electron chi connectivity index (χ4n) is 1.65. The second-order valence-corrected chi connectivity index (χ2v) is 5.39. The van der Waals surface area contributed by atoms with E-state index in [0.717, 1.165) is 29.5 Å². The van der Waals surface area contributed by atoms with Crippen molar-refractivity contribution in [2.24, 2.45) is 0 Å². The fraction of sp³-hybridized carbons (Fsp3) is 0.133. The molecule has 1 amide bonds. The number of thioether (sulfide) groups is 1. The van der Waals surface area contributed by atoms with Gasteiger partial charge in [-0.15, -0.1) is 11.8 Å². The Morgan fingerprint density at radius 2 is 1.76 bits per heavy atom. The van der Waals surface area contributed by atoms with E-state index in [1.807, 2.05) is 0 Å². The number of carbonyl (C=O) groups excluding carboxylic acids is 1. The summed E-state index contributed by atoms with van der Waals surface area (Å²) in [5.41, 5.74) is 1.10. The first-order chi connectivity index (χ1) is 9.95. The summed E-state index contributed by atoms with van der Waals surface area (Å²) in [6.45, 7) is 1.74. The van der Waals surface area contributed by atoms with E-state index in [9.17, 15) is 18.0 Å². The first kappa shape index (κ1) is 15.4. The van der Waals surface area contributed by atoms with Crippen molar-refractivity contribution in [2.45, 2.75) is 11.8 Å². The van der Waals surface area contributed by atoms with Crippen LogP contribution in [-0.2, 0) is 4.79 Å². The van der Waals surface area contributed by atoms with Crippen LogP contribution < -0.4 is 5.32 Å². The predicted molar refractivity (Wildman–Crippen MR) is 76.8 cm³/mol. The Labute approximate surface area is 124 Å². The van der Waals surface area contributed by atoms with Crippen molar-refractivity contribution < 1.29 is 18.0 Å². The van der Waals surface area contributed by atoms with Crippen LogP contribution in [0.25, 0.3) is 0 Å². The molecule has 2 rings (SSSR count). The number of nitrogens with one attached hydrogen (secondary N) is 1. The van der Waals surface area contributed by atoms with E-state index in [-0.39, 0.29) is 10.6 Å². The lowest BCUT2D eigenvalue weighted by Crippen LogP contribution is -2.15. The Bertz CT molecular complexity index is 676. The summed E-state index contributed by atoms with van der Waals surface area (Å²) in [4.78, 5) is 12.0. The largest absolute Gasteiger partial charge is 0.325 e. The molecule has 0 aromatic heterocycles. The maximum Gasteiger partial charge on any atom is 0.234 e. The molecular weight excluding hydrogens is 299 g/mol. The van der Waals surface area contributed by atoms with Crippen LogP contribution in [0.3, 0.4) is 0 Å². The van der Waals surface area contributed by atoms with Crippen LogP contribution in [0.15, 0.2) is 41.3 Å². The van der Waals surface area contributed by atoms with Gasteiger partial charge in [-0.25, -0.2) is 13.2 Å². The van der Waals surface area contributed by atoms with Crippen LogP contribution in [0, 0.1) is 24.4 Å². The Morgan fingerprint density at radius 1 is 1.10 bits per heavy atom. The van der Waals surface area contributed by atoms with E-state index < -0.39 is 23.4 Å². The van der Waals surface area contributed by atoms with Gasteiger partial charge in [0.05, 0.1) is 5.75 Å². The van der Waals surface area contributed by atoms with Crippen LogP contribution >= 0.6 is 11.8 Å². The summed E-state index contributed by atoms with van der Waals surface area (Å²) in [6.07, 6.45) is 0. The highest BCUT2D eigenvalue weighted by atomic mass is 32.2. The first-order valence-corrected chi connectivity index (χ1v) is 7.08. The van der Waals surface area contributed by atoms with Crippen LogP contribution in [-0.4, -0.2) is 11.7 Å². The van der Waals surface area contributed by atoms with Crippen molar-refractivity contribution in [1.82, 2.24) is 0 Å². The molecule has 21 heavy (non-hydrogen) atoms. The number of carbonyl (C=O) groups is 1. The van der Waals surface area contributed by atoms with Crippen LogP contribution in [0.4, 0.5) is 18.9 Å². The summed E-state index contributed by atoms with van der Waals surface area (Å²) >= 11 is 0.946. The zero-order chi connectivity index (χ0) is 15.4. The Balaban J connectivity index is 1.97. The molecule has 0 aliphatic carbocycles. The molecule has 0 fully saturated rings. The Morgan fingerprint density at radius 3 is 2.48 bits per heavy atom. The minimum absolute atomic E-state index is 0.0570. The molecule has 6 heteroatoms. The van der Waals surface area contributed by atoms with E-state index in [1.165, 1.54) is 18.2 Å². The molecule has 0 aliphatic heterocycles. The minimum Gasteiger partial charge on any atom is -0.325 e. The molecule has 0 aliphatic rings. The lowest BCUT2D eigenvalue weighted by atomic mass is 10.2. The molecule has 2 aromatic carbocycles. The summed E-state index contributed by atoms with van der Waals surface area (Å²) in [7, 11) is 0. The summed E-state index contributed by atoms with van der Waals surface area (Å²) in [6, 6.07) is 7.23. The number of rotatable bonds is 4. The van der Waals surface area contributed by atoms with Crippen molar-refractivity contribution >= 4 is 23.4 Å². The average molecular weight is 311 g/mol. The Kier molecular flexibility index (Phi) is 4.90. The number of halogens is 3. The minimum atomic E-state index is -0.713. The average Bonchev–Trinajstić information content (AvgIpc) is 2.42. The molecule has 110 valence electrons. The van der Waals surface area contributed by atoms with Gasteiger partial charge in [-0.2, -0.15) is 0 Å². The lowest BCUT2D eigenvalue weighted by Gasteiger charge is -2.08. The van der Waals surface area contributed by atoms with Gasteiger partial charge in [0, 0.05) is 16.6 Å². The van der Waals surface area contributed by atoms with Crippen LogP contribution in [0.2, 0.25) is 0 Å². The molecule has 1 N–H and O–H groups in total. The zero-order valence-electron chi connectivity index (χ0n) is 11.1. The fourth-order valence-corrected chi connectivity index (χ4v) is 2.37. The number of amides is 1. The SMILES string of the molecule is Cc1ccc(F)cc1NC(=O)CSc1ccc(F)cc1F.